The number of imide groups is 1. The number of amides is 5. The summed E-state index contributed by atoms with van der Waals surface area (Å²) in [5.41, 5.74) is 6.94. The van der Waals surface area contributed by atoms with Crippen molar-refractivity contribution in [2.45, 2.75) is 37.8 Å². The molecule has 1 aromatic carbocycles. The van der Waals surface area contributed by atoms with E-state index in [1.54, 1.807) is 6.20 Å². The molecule has 18 heteroatoms. The molecular formula is C30H34Cl2FN7O7S. The van der Waals surface area contributed by atoms with E-state index in [1.165, 1.54) is 35.5 Å². The Kier molecular flexibility index (Phi) is 12.9. The summed E-state index contributed by atoms with van der Waals surface area (Å²) in [6, 6.07) is 6.34. The number of benzene rings is 1. The van der Waals surface area contributed by atoms with E-state index in [0.717, 1.165) is 32.9 Å². The Morgan fingerprint density at radius 2 is 2.02 bits per heavy atom. The molecule has 0 bridgehead atoms. The van der Waals surface area contributed by atoms with Crippen molar-refractivity contribution < 1.29 is 37.8 Å². The van der Waals surface area contributed by atoms with Crippen molar-refractivity contribution in [2.75, 3.05) is 49.2 Å². The van der Waals surface area contributed by atoms with Crippen LogP contribution < -0.4 is 20.9 Å². The first-order valence-electron chi connectivity index (χ1n) is 14.9. The number of rotatable bonds is 13. The summed E-state index contributed by atoms with van der Waals surface area (Å²) in [4.78, 5) is 74.5. The SMILES string of the molecule is Cl.N[C@@H](Cc1cnc[nH]1)C(=O)NCCCCC(=O)N(C[C@H]1CN(c2ccc(N3CCOCC3=O)cc2F)C(=O)O1)C(=O)c1ccc(Cl)s1. The number of aromatic nitrogens is 2. The molecule has 0 unspecified atom stereocenters. The molecule has 258 valence electrons. The number of anilines is 2. The first-order valence-corrected chi connectivity index (χ1v) is 16.1. The molecular weight excluding hydrogens is 692 g/mol. The average Bonchev–Trinajstić information content (AvgIpc) is 3.81. The molecule has 48 heavy (non-hydrogen) atoms. The second-order valence-electron chi connectivity index (χ2n) is 10.9. The standard InChI is InChI=1S/C30H33ClFN7O7S.ClH/c31-25-7-6-24(47-25)29(43)39(26(40)3-1-2-8-35-28(42)22(33)11-18-13-34-17-36-18)15-20-14-38(30(44)46-20)23-5-4-19(12-21(23)32)37-9-10-45-16-27(37)41;/h4-7,12-13,17,20,22H,1-3,8-11,14-16,33H2,(H,34,36)(H,35,42);1H/t20-,22+;/m1./s1. The van der Waals surface area contributed by atoms with Gasteiger partial charge in [0.05, 0.1) is 47.0 Å². The maximum Gasteiger partial charge on any atom is 0.414 e. The normalized spacial score (nSPS) is 16.7. The monoisotopic (exact) mass is 725 g/mol. The van der Waals surface area contributed by atoms with Crippen LogP contribution in [0.4, 0.5) is 20.6 Å². The molecule has 2 aromatic heterocycles. The van der Waals surface area contributed by atoms with Gasteiger partial charge >= 0.3 is 6.09 Å². The minimum atomic E-state index is -0.943. The van der Waals surface area contributed by atoms with Crippen molar-refractivity contribution >= 4 is 76.4 Å². The number of unbranched alkanes of at least 4 members (excludes halogenated alkanes) is 1. The van der Waals surface area contributed by atoms with E-state index >= 15 is 4.39 Å². The number of hydrogen-bond donors (Lipinski definition) is 3. The molecule has 14 nitrogen and oxygen atoms in total. The largest absolute Gasteiger partial charge is 0.442 e. The van der Waals surface area contributed by atoms with Crippen LogP contribution in [0.3, 0.4) is 0 Å². The van der Waals surface area contributed by atoms with Gasteiger partial charge in [-0.15, -0.1) is 23.7 Å². The van der Waals surface area contributed by atoms with Gasteiger partial charge < -0.3 is 30.4 Å². The molecule has 5 rings (SSSR count). The molecule has 4 N–H and O–H groups in total. The zero-order valence-corrected chi connectivity index (χ0v) is 28.0. The predicted octanol–water partition coefficient (Wildman–Crippen LogP) is 2.90. The highest BCUT2D eigenvalue weighted by Crippen LogP contribution is 2.30. The third kappa shape index (κ3) is 9.08. The van der Waals surface area contributed by atoms with Crippen molar-refractivity contribution in [1.29, 1.82) is 0 Å². The number of nitrogens with one attached hydrogen (secondary N) is 2. The maximum absolute atomic E-state index is 15.2. The highest BCUT2D eigenvalue weighted by Gasteiger charge is 2.38. The number of nitrogens with two attached hydrogens (primary N) is 1. The van der Waals surface area contributed by atoms with E-state index in [4.69, 9.17) is 26.8 Å². The van der Waals surface area contributed by atoms with Gasteiger partial charge in [-0.1, -0.05) is 11.6 Å². The highest BCUT2D eigenvalue weighted by molar-refractivity contribution is 7.18. The van der Waals surface area contributed by atoms with Gasteiger partial charge in [0, 0.05) is 43.5 Å². The Morgan fingerprint density at radius 1 is 1.21 bits per heavy atom. The van der Waals surface area contributed by atoms with E-state index in [-0.39, 0.29) is 74.0 Å². The molecule has 0 aliphatic carbocycles. The van der Waals surface area contributed by atoms with Crippen molar-refractivity contribution in [3.05, 3.63) is 63.6 Å². The second-order valence-corrected chi connectivity index (χ2v) is 12.6. The van der Waals surface area contributed by atoms with Gasteiger partial charge in [-0.25, -0.2) is 14.2 Å². The van der Waals surface area contributed by atoms with Gasteiger partial charge in [0.2, 0.25) is 11.8 Å². The number of hydrogen-bond acceptors (Lipinski definition) is 10. The zero-order valence-electron chi connectivity index (χ0n) is 25.6. The van der Waals surface area contributed by atoms with Crippen LogP contribution in [0.15, 0.2) is 42.9 Å². The molecule has 2 atom stereocenters. The minimum absolute atomic E-state index is 0. The fourth-order valence-electron chi connectivity index (χ4n) is 5.16. The number of cyclic esters (lactones) is 1. The van der Waals surface area contributed by atoms with Crippen LogP contribution in [0, 0.1) is 5.82 Å². The number of H-pyrrole nitrogens is 1. The Labute approximate surface area is 290 Å². The zero-order chi connectivity index (χ0) is 33.5. The topological polar surface area (TPSA) is 180 Å². The summed E-state index contributed by atoms with van der Waals surface area (Å²) < 4.78 is 26.2. The molecule has 2 aliphatic rings. The van der Waals surface area contributed by atoms with Crippen LogP contribution in [0.25, 0.3) is 0 Å². The fraction of sp³-hybridized carbons (Fsp3) is 0.400. The average molecular weight is 727 g/mol. The number of carbonyl (C=O) groups excluding carboxylic acids is 5. The first-order chi connectivity index (χ1) is 22.6. The third-order valence-electron chi connectivity index (χ3n) is 7.56. The fourth-order valence-corrected chi connectivity index (χ4v) is 6.15. The first kappa shape index (κ1) is 36.7. The summed E-state index contributed by atoms with van der Waals surface area (Å²) in [5, 5.41) is 2.74. The second kappa shape index (κ2) is 16.8. The lowest BCUT2D eigenvalue weighted by atomic mass is 10.1. The quantitative estimate of drug-likeness (QED) is 0.223. The van der Waals surface area contributed by atoms with Gasteiger partial charge in [0.25, 0.3) is 11.8 Å². The predicted molar refractivity (Wildman–Crippen MR) is 177 cm³/mol. The summed E-state index contributed by atoms with van der Waals surface area (Å²) in [6.07, 6.45) is 2.37. The molecule has 0 spiro atoms. The van der Waals surface area contributed by atoms with E-state index in [1.807, 2.05) is 0 Å². The van der Waals surface area contributed by atoms with Gasteiger partial charge in [-0.3, -0.25) is 29.0 Å². The van der Waals surface area contributed by atoms with Crippen LogP contribution >= 0.6 is 35.3 Å². The van der Waals surface area contributed by atoms with Gasteiger partial charge in [0.15, 0.2) is 0 Å². The lowest BCUT2D eigenvalue weighted by Crippen LogP contribution is -2.43. The highest BCUT2D eigenvalue weighted by atomic mass is 35.5. The Balaban J connectivity index is 0.00000520. The van der Waals surface area contributed by atoms with E-state index < -0.39 is 35.9 Å². The minimum Gasteiger partial charge on any atom is -0.442 e. The van der Waals surface area contributed by atoms with Crippen molar-refractivity contribution in [1.82, 2.24) is 20.2 Å². The Morgan fingerprint density at radius 3 is 2.71 bits per heavy atom. The van der Waals surface area contributed by atoms with Crippen molar-refractivity contribution in [3.63, 3.8) is 0 Å². The Bertz CT molecular complexity index is 1630. The van der Waals surface area contributed by atoms with Crippen LogP contribution in [-0.2, 0) is 30.3 Å². The molecule has 4 heterocycles. The molecule has 2 aliphatic heterocycles. The molecule has 3 aromatic rings. The van der Waals surface area contributed by atoms with E-state index in [2.05, 4.69) is 15.3 Å². The summed E-state index contributed by atoms with van der Waals surface area (Å²) in [7, 11) is 0. The molecule has 2 fully saturated rings. The van der Waals surface area contributed by atoms with Gasteiger partial charge in [-0.05, 0) is 43.2 Å². The number of imidazole rings is 1. The summed E-state index contributed by atoms with van der Waals surface area (Å²) >= 11 is 7.03. The summed E-state index contributed by atoms with van der Waals surface area (Å²) in [5.74, 6) is -2.51. The number of thiophene rings is 1. The van der Waals surface area contributed by atoms with Crippen LogP contribution in [-0.4, -0.2) is 96.1 Å². The smallest absolute Gasteiger partial charge is 0.414 e. The van der Waals surface area contributed by atoms with Crippen LogP contribution in [0.5, 0.6) is 0 Å². The maximum atomic E-state index is 15.2. The van der Waals surface area contributed by atoms with E-state index in [0.29, 0.717) is 35.9 Å². The summed E-state index contributed by atoms with van der Waals surface area (Å²) in [6.45, 7) is 0.368. The Hall–Kier alpha value is -4.09. The van der Waals surface area contributed by atoms with Crippen molar-refractivity contribution in [2.24, 2.45) is 5.73 Å². The van der Waals surface area contributed by atoms with E-state index in [9.17, 15) is 24.0 Å². The number of halogens is 3. The molecule has 2 saturated heterocycles. The van der Waals surface area contributed by atoms with Crippen molar-refractivity contribution in [3.8, 4) is 0 Å². The lowest BCUT2D eigenvalue weighted by Gasteiger charge is -2.27. The van der Waals surface area contributed by atoms with Gasteiger partial charge in [-0.2, -0.15) is 0 Å². The number of nitrogens with zero attached hydrogens (tertiary/aromatic N) is 4. The van der Waals surface area contributed by atoms with Crippen LogP contribution in [0.1, 0.15) is 34.6 Å². The molecule has 5 amide bonds. The number of aromatic amines is 1. The number of ether oxygens (including phenoxy) is 2. The molecule has 0 radical (unpaired) electrons. The number of carbonyl (C=O) groups is 5. The van der Waals surface area contributed by atoms with Crippen LogP contribution in [0.2, 0.25) is 4.34 Å². The lowest BCUT2D eigenvalue weighted by molar-refractivity contribution is -0.129. The third-order valence-corrected chi connectivity index (χ3v) is 8.78. The number of morpholine rings is 1. The van der Waals surface area contributed by atoms with Gasteiger partial charge in [0.1, 0.15) is 18.5 Å². The molecule has 0 saturated carbocycles.